The van der Waals surface area contributed by atoms with Crippen molar-refractivity contribution in [2.45, 2.75) is 0 Å². The first-order valence-corrected chi connectivity index (χ1v) is 3.45. The van der Waals surface area contributed by atoms with Crippen molar-refractivity contribution in [3.05, 3.63) is 30.1 Å². The number of rotatable bonds is 0. The zero-order chi connectivity index (χ0) is 8.55. The second-order valence-corrected chi connectivity index (χ2v) is 2.40. The minimum atomic E-state index is 0.488. The van der Waals surface area contributed by atoms with Gasteiger partial charge in [-0.25, -0.2) is 4.98 Å². The Morgan fingerprint density at radius 1 is 1.50 bits per heavy atom. The molecule has 0 unspecified atom stereocenters. The first-order valence-electron chi connectivity index (χ1n) is 3.45. The van der Waals surface area contributed by atoms with Crippen LogP contribution in [0.5, 0.6) is 0 Å². The van der Waals surface area contributed by atoms with Crippen LogP contribution in [-0.4, -0.2) is 9.38 Å². The molecule has 2 rings (SSSR count). The number of imidazole rings is 1. The van der Waals surface area contributed by atoms with E-state index in [1.54, 1.807) is 22.6 Å². The minimum absolute atomic E-state index is 0.488. The summed E-state index contributed by atoms with van der Waals surface area (Å²) in [7, 11) is 0. The molecule has 0 spiro atoms. The number of hydrogen-bond donors (Lipinski definition) is 1. The van der Waals surface area contributed by atoms with Gasteiger partial charge in [-0.05, 0) is 12.1 Å². The Hall–Kier alpha value is -2.02. The van der Waals surface area contributed by atoms with E-state index in [0.717, 1.165) is 0 Å². The zero-order valence-corrected chi connectivity index (χ0v) is 6.23. The van der Waals surface area contributed by atoms with Crippen LogP contribution in [0.4, 0.5) is 5.82 Å². The standard InChI is InChI=1S/C8H6N4/c9-4-6-2-1-3-8-11-5-7(10)12(6)8/h1-3,5H,10H2. The van der Waals surface area contributed by atoms with Crippen LogP contribution in [0.1, 0.15) is 5.69 Å². The molecular weight excluding hydrogens is 152 g/mol. The smallest absolute Gasteiger partial charge is 0.139 e. The van der Waals surface area contributed by atoms with Gasteiger partial charge in [0.25, 0.3) is 0 Å². The summed E-state index contributed by atoms with van der Waals surface area (Å²) >= 11 is 0. The Balaban J connectivity index is 2.96. The van der Waals surface area contributed by atoms with Crippen molar-refractivity contribution in [2.24, 2.45) is 0 Å². The SMILES string of the molecule is N#Cc1cccc2ncc(N)n12. The number of nitriles is 1. The molecule has 0 fully saturated rings. The lowest BCUT2D eigenvalue weighted by Crippen LogP contribution is -1.96. The molecule has 2 aromatic rings. The molecule has 0 aliphatic rings. The first kappa shape index (κ1) is 6.68. The van der Waals surface area contributed by atoms with Crippen molar-refractivity contribution in [1.82, 2.24) is 9.38 Å². The normalized spacial score (nSPS) is 9.92. The van der Waals surface area contributed by atoms with Gasteiger partial charge in [0.15, 0.2) is 0 Å². The summed E-state index contributed by atoms with van der Waals surface area (Å²) in [6.45, 7) is 0. The summed E-state index contributed by atoms with van der Waals surface area (Å²) in [5, 5.41) is 8.72. The van der Waals surface area contributed by atoms with Gasteiger partial charge in [0.2, 0.25) is 0 Å². The summed E-state index contributed by atoms with van der Waals surface area (Å²) < 4.78 is 1.61. The Bertz CT molecular complexity index is 463. The lowest BCUT2D eigenvalue weighted by atomic mass is 10.3. The van der Waals surface area contributed by atoms with Crippen molar-refractivity contribution >= 4 is 11.5 Å². The fourth-order valence-electron chi connectivity index (χ4n) is 1.15. The van der Waals surface area contributed by atoms with Crippen LogP contribution in [0.3, 0.4) is 0 Å². The molecule has 0 atom stereocenters. The molecule has 2 aromatic heterocycles. The van der Waals surface area contributed by atoms with E-state index in [0.29, 0.717) is 17.2 Å². The topological polar surface area (TPSA) is 67.1 Å². The highest BCUT2D eigenvalue weighted by Gasteiger charge is 2.02. The number of pyridine rings is 1. The van der Waals surface area contributed by atoms with Crippen molar-refractivity contribution in [3.8, 4) is 6.07 Å². The molecule has 0 saturated heterocycles. The quantitative estimate of drug-likeness (QED) is 0.616. The van der Waals surface area contributed by atoms with Gasteiger partial charge < -0.3 is 5.73 Å². The molecule has 0 amide bonds. The van der Waals surface area contributed by atoms with E-state index >= 15 is 0 Å². The molecule has 0 aliphatic carbocycles. The maximum atomic E-state index is 8.72. The third kappa shape index (κ3) is 0.736. The maximum absolute atomic E-state index is 8.72. The zero-order valence-electron chi connectivity index (χ0n) is 6.23. The van der Waals surface area contributed by atoms with Gasteiger partial charge in [-0.1, -0.05) is 6.07 Å². The van der Waals surface area contributed by atoms with Crippen LogP contribution in [0.25, 0.3) is 5.65 Å². The van der Waals surface area contributed by atoms with E-state index in [1.807, 2.05) is 6.07 Å². The van der Waals surface area contributed by atoms with Gasteiger partial charge in [-0.3, -0.25) is 4.40 Å². The van der Waals surface area contributed by atoms with Gasteiger partial charge in [-0.2, -0.15) is 5.26 Å². The van der Waals surface area contributed by atoms with Crippen molar-refractivity contribution in [3.63, 3.8) is 0 Å². The fourth-order valence-corrected chi connectivity index (χ4v) is 1.15. The van der Waals surface area contributed by atoms with Crippen LogP contribution in [0, 0.1) is 11.3 Å². The summed E-state index contributed by atoms with van der Waals surface area (Å²) in [4.78, 5) is 4.01. The van der Waals surface area contributed by atoms with E-state index in [2.05, 4.69) is 4.98 Å². The van der Waals surface area contributed by atoms with Gasteiger partial charge >= 0.3 is 0 Å². The van der Waals surface area contributed by atoms with Crippen molar-refractivity contribution in [2.75, 3.05) is 5.73 Å². The molecule has 58 valence electrons. The number of fused-ring (bicyclic) bond motifs is 1. The second kappa shape index (κ2) is 2.24. The van der Waals surface area contributed by atoms with Gasteiger partial charge in [0, 0.05) is 0 Å². The number of anilines is 1. The van der Waals surface area contributed by atoms with Gasteiger partial charge in [0.05, 0.1) is 6.20 Å². The number of nitrogen functional groups attached to an aromatic ring is 1. The highest BCUT2D eigenvalue weighted by molar-refractivity contribution is 5.51. The van der Waals surface area contributed by atoms with E-state index < -0.39 is 0 Å². The van der Waals surface area contributed by atoms with E-state index in [-0.39, 0.29) is 0 Å². The number of hydrogen-bond acceptors (Lipinski definition) is 3. The molecule has 12 heavy (non-hydrogen) atoms. The Morgan fingerprint density at radius 2 is 2.33 bits per heavy atom. The molecular formula is C8H6N4. The second-order valence-electron chi connectivity index (χ2n) is 2.40. The summed E-state index contributed by atoms with van der Waals surface area (Å²) in [5.74, 6) is 0.488. The minimum Gasteiger partial charge on any atom is -0.383 e. The first-order chi connectivity index (χ1) is 5.83. The highest BCUT2D eigenvalue weighted by atomic mass is 15.1. The largest absolute Gasteiger partial charge is 0.383 e. The number of nitrogens with zero attached hydrogens (tertiary/aromatic N) is 3. The maximum Gasteiger partial charge on any atom is 0.139 e. The van der Waals surface area contributed by atoms with Crippen LogP contribution >= 0.6 is 0 Å². The average Bonchev–Trinajstić information content (AvgIpc) is 2.48. The van der Waals surface area contributed by atoms with E-state index in [9.17, 15) is 0 Å². The molecule has 0 radical (unpaired) electrons. The molecule has 2 N–H and O–H groups in total. The molecule has 2 heterocycles. The predicted octanol–water partition coefficient (Wildman–Crippen LogP) is 0.788. The third-order valence-electron chi connectivity index (χ3n) is 1.67. The van der Waals surface area contributed by atoms with Crippen LogP contribution < -0.4 is 5.73 Å². The average molecular weight is 158 g/mol. The lowest BCUT2D eigenvalue weighted by molar-refractivity contribution is 1.15. The Morgan fingerprint density at radius 3 is 3.08 bits per heavy atom. The van der Waals surface area contributed by atoms with Gasteiger partial charge in [0.1, 0.15) is 23.2 Å². The predicted molar refractivity (Wildman–Crippen MR) is 44.3 cm³/mol. The van der Waals surface area contributed by atoms with E-state index in [1.165, 1.54) is 6.20 Å². The molecule has 4 heteroatoms. The van der Waals surface area contributed by atoms with Crippen LogP contribution in [-0.2, 0) is 0 Å². The summed E-state index contributed by atoms with van der Waals surface area (Å²) in [5.41, 5.74) is 6.80. The Labute approximate surface area is 68.9 Å². The Kier molecular flexibility index (Phi) is 1.25. The van der Waals surface area contributed by atoms with Gasteiger partial charge in [-0.15, -0.1) is 0 Å². The summed E-state index contributed by atoms with van der Waals surface area (Å²) in [6.07, 6.45) is 1.54. The third-order valence-corrected chi connectivity index (χ3v) is 1.67. The van der Waals surface area contributed by atoms with Crippen LogP contribution in [0.2, 0.25) is 0 Å². The lowest BCUT2D eigenvalue weighted by Gasteiger charge is -1.97. The molecule has 0 bridgehead atoms. The van der Waals surface area contributed by atoms with Crippen LogP contribution in [0.15, 0.2) is 24.4 Å². The molecule has 0 aliphatic heterocycles. The number of nitrogens with two attached hydrogens (primary N) is 1. The molecule has 4 nitrogen and oxygen atoms in total. The number of aromatic nitrogens is 2. The summed E-state index contributed by atoms with van der Waals surface area (Å²) in [6, 6.07) is 7.32. The van der Waals surface area contributed by atoms with Crippen molar-refractivity contribution in [1.29, 1.82) is 5.26 Å². The monoisotopic (exact) mass is 158 g/mol. The highest BCUT2D eigenvalue weighted by Crippen LogP contribution is 2.10. The van der Waals surface area contributed by atoms with E-state index in [4.69, 9.17) is 11.0 Å². The van der Waals surface area contributed by atoms with Crippen molar-refractivity contribution < 1.29 is 0 Å². The molecule has 0 aromatic carbocycles. The fraction of sp³-hybridized carbons (Fsp3) is 0. The molecule has 0 saturated carbocycles.